The maximum Gasteiger partial charge on any atom is 0.338 e. The van der Waals surface area contributed by atoms with E-state index in [9.17, 15) is 4.79 Å². The zero-order valence-electron chi connectivity index (χ0n) is 9.96. The van der Waals surface area contributed by atoms with Gasteiger partial charge in [0, 0.05) is 6.07 Å². The van der Waals surface area contributed by atoms with E-state index < -0.39 is 0 Å². The van der Waals surface area contributed by atoms with Crippen LogP contribution >= 0.6 is 0 Å². The number of ether oxygens (including phenoxy) is 2. The largest absolute Gasteiger partial charge is 0.486 e. The van der Waals surface area contributed by atoms with E-state index in [1.807, 2.05) is 0 Å². The fraction of sp³-hybridized carbons (Fsp3) is 0.231. The smallest absolute Gasteiger partial charge is 0.338 e. The zero-order chi connectivity index (χ0) is 12.8. The Labute approximate surface area is 104 Å². The van der Waals surface area contributed by atoms with Crippen molar-refractivity contribution in [2.24, 2.45) is 0 Å². The first-order chi connectivity index (χ1) is 8.79. The minimum absolute atomic E-state index is 0.304. The number of carbonyl (C=O) groups is 1. The topological polar surface area (TPSA) is 61.6 Å². The van der Waals surface area contributed by atoms with E-state index in [-0.39, 0.29) is 5.97 Å². The molecular weight excluding hydrogens is 234 g/mol. The lowest BCUT2D eigenvalue weighted by molar-refractivity contribution is 0.0526. The minimum Gasteiger partial charge on any atom is -0.486 e. The molecule has 5 heteroatoms. The van der Waals surface area contributed by atoms with Gasteiger partial charge in [0.05, 0.1) is 18.4 Å². The molecule has 0 aliphatic heterocycles. The van der Waals surface area contributed by atoms with Crippen LogP contribution in [0, 0.1) is 0 Å². The van der Waals surface area contributed by atoms with Gasteiger partial charge >= 0.3 is 5.97 Å². The number of aromatic nitrogens is 1. The van der Waals surface area contributed by atoms with Gasteiger partial charge in [0.15, 0.2) is 5.76 Å². The van der Waals surface area contributed by atoms with E-state index in [4.69, 9.17) is 14.0 Å². The zero-order valence-corrected chi connectivity index (χ0v) is 9.96. The van der Waals surface area contributed by atoms with Crippen LogP contribution in [0.1, 0.15) is 23.0 Å². The van der Waals surface area contributed by atoms with Gasteiger partial charge in [-0.25, -0.2) is 4.79 Å². The van der Waals surface area contributed by atoms with Crippen LogP contribution in [0.25, 0.3) is 0 Å². The van der Waals surface area contributed by atoms with Crippen LogP contribution in [-0.2, 0) is 11.3 Å². The second-order valence-electron chi connectivity index (χ2n) is 3.51. The van der Waals surface area contributed by atoms with Crippen LogP contribution in [0.4, 0.5) is 0 Å². The molecule has 94 valence electrons. The van der Waals surface area contributed by atoms with Crippen molar-refractivity contribution in [1.29, 1.82) is 0 Å². The van der Waals surface area contributed by atoms with Gasteiger partial charge in [-0.1, -0.05) is 5.16 Å². The second-order valence-corrected chi connectivity index (χ2v) is 3.51. The van der Waals surface area contributed by atoms with Crippen LogP contribution in [-0.4, -0.2) is 17.7 Å². The normalized spacial score (nSPS) is 10.1. The summed E-state index contributed by atoms with van der Waals surface area (Å²) in [5, 5.41) is 3.58. The Hall–Kier alpha value is -2.30. The number of benzene rings is 1. The Balaban J connectivity index is 1.93. The molecule has 5 nitrogen and oxygen atoms in total. The SMILES string of the molecule is CCOC(=O)c1ccc(OCc2ccno2)cc1. The predicted octanol–water partition coefficient (Wildman–Crippen LogP) is 2.43. The fourth-order valence-electron chi connectivity index (χ4n) is 1.37. The number of rotatable bonds is 5. The van der Waals surface area contributed by atoms with Crippen molar-refractivity contribution in [2.75, 3.05) is 6.61 Å². The molecule has 0 N–H and O–H groups in total. The highest BCUT2D eigenvalue weighted by Gasteiger charge is 2.06. The summed E-state index contributed by atoms with van der Waals surface area (Å²) in [6, 6.07) is 8.47. The molecule has 0 spiro atoms. The average molecular weight is 247 g/mol. The van der Waals surface area contributed by atoms with Gasteiger partial charge < -0.3 is 14.0 Å². The molecule has 2 rings (SSSR count). The van der Waals surface area contributed by atoms with Crippen molar-refractivity contribution in [3.05, 3.63) is 47.9 Å². The molecule has 0 amide bonds. The van der Waals surface area contributed by atoms with Crippen LogP contribution in [0.3, 0.4) is 0 Å². The molecule has 0 aliphatic carbocycles. The summed E-state index contributed by atoms with van der Waals surface area (Å²) in [5.41, 5.74) is 0.504. The first kappa shape index (κ1) is 12.2. The Morgan fingerprint density at radius 1 is 1.28 bits per heavy atom. The summed E-state index contributed by atoms with van der Waals surface area (Å²) < 4.78 is 15.2. The molecule has 1 aromatic carbocycles. The Morgan fingerprint density at radius 2 is 2.06 bits per heavy atom. The van der Waals surface area contributed by atoms with Crippen LogP contribution in [0.5, 0.6) is 5.75 Å². The van der Waals surface area contributed by atoms with E-state index in [0.29, 0.717) is 30.3 Å². The molecule has 0 saturated carbocycles. The molecule has 2 aromatic rings. The van der Waals surface area contributed by atoms with E-state index in [1.165, 1.54) is 0 Å². The predicted molar refractivity (Wildman–Crippen MR) is 63.2 cm³/mol. The van der Waals surface area contributed by atoms with Crippen LogP contribution in [0.15, 0.2) is 41.1 Å². The van der Waals surface area contributed by atoms with E-state index in [0.717, 1.165) is 0 Å². The lowest BCUT2D eigenvalue weighted by Gasteiger charge is -2.05. The van der Waals surface area contributed by atoms with Gasteiger partial charge in [0.2, 0.25) is 0 Å². The Morgan fingerprint density at radius 3 is 2.67 bits per heavy atom. The summed E-state index contributed by atoms with van der Waals surface area (Å²) >= 11 is 0. The average Bonchev–Trinajstić information content (AvgIpc) is 2.90. The highest BCUT2D eigenvalue weighted by molar-refractivity contribution is 5.89. The first-order valence-corrected chi connectivity index (χ1v) is 5.59. The molecular formula is C13H13NO4. The van der Waals surface area contributed by atoms with Crippen molar-refractivity contribution >= 4 is 5.97 Å². The third kappa shape index (κ3) is 3.10. The highest BCUT2D eigenvalue weighted by Crippen LogP contribution is 2.14. The van der Waals surface area contributed by atoms with Gasteiger partial charge in [-0.3, -0.25) is 0 Å². The molecule has 0 fully saturated rings. The van der Waals surface area contributed by atoms with Crippen molar-refractivity contribution in [1.82, 2.24) is 5.16 Å². The van der Waals surface area contributed by atoms with E-state index >= 15 is 0 Å². The molecule has 0 bridgehead atoms. The lowest BCUT2D eigenvalue weighted by Crippen LogP contribution is -2.04. The molecule has 18 heavy (non-hydrogen) atoms. The first-order valence-electron chi connectivity index (χ1n) is 5.59. The number of hydrogen-bond donors (Lipinski definition) is 0. The minimum atomic E-state index is -0.334. The molecule has 1 aromatic heterocycles. The van der Waals surface area contributed by atoms with Crippen molar-refractivity contribution in [3.63, 3.8) is 0 Å². The van der Waals surface area contributed by atoms with Crippen molar-refractivity contribution < 1.29 is 18.8 Å². The van der Waals surface area contributed by atoms with Crippen LogP contribution < -0.4 is 4.74 Å². The number of hydrogen-bond acceptors (Lipinski definition) is 5. The summed E-state index contributed by atoms with van der Waals surface area (Å²) in [4.78, 5) is 11.4. The van der Waals surface area contributed by atoms with Gasteiger partial charge in [-0.15, -0.1) is 0 Å². The van der Waals surface area contributed by atoms with Gasteiger partial charge in [-0.2, -0.15) is 0 Å². The summed E-state index contributed by atoms with van der Waals surface area (Å²) in [6.07, 6.45) is 1.56. The summed E-state index contributed by atoms with van der Waals surface area (Å²) in [7, 11) is 0. The highest BCUT2D eigenvalue weighted by atomic mass is 16.5. The van der Waals surface area contributed by atoms with Crippen LogP contribution in [0.2, 0.25) is 0 Å². The molecule has 0 unspecified atom stereocenters. The molecule has 0 atom stereocenters. The summed E-state index contributed by atoms with van der Waals surface area (Å²) in [5.74, 6) is 0.961. The number of esters is 1. The lowest BCUT2D eigenvalue weighted by atomic mass is 10.2. The van der Waals surface area contributed by atoms with Gasteiger partial charge in [-0.05, 0) is 31.2 Å². The van der Waals surface area contributed by atoms with Gasteiger partial charge in [0.25, 0.3) is 0 Å². The maximum atomic E-state index is 11.4. The maximum absolute atomic E-state index is 11.4. The van der Waals surface area contributed by atoms with E-state index in [1.54, 1.807) is 43.5 Å². The fourth-order valence-corrected chi connectivity index (χ4v) is 1.37. The number of nitrogens with zero attached hydrogens (tertiary/aromatic N) is 1. The number of carbonyl (C=O) groups excluding carboxylic acids is 1. The molecule has 0 aliphatic rings. The Bertz CT molecular complexity index is 490. The Kier molecular flexibility index (Phi) is 3.96. The van der Waals surface area contributed by atoms with E-state index in [2.05, 4.69) is 5.16 Å². The molecule has 0 saturated heterocycles. The van der Waals surface area contributed by atoms with Crippen molar-refractivity contribution in [3.8, 4) is 5.75 Å². The molecule has 1 heterocycles. The van der Waals surface area contributed by atoms with Crippen molar-refractivity contribution in [2.45, 2.75) is 13.5 Å². The third-order valence-corrected chi connectivity index (χ3v) is 2.24. The quantitative estimate of drug-likeness (QED) is 0.759. The molecule has 0 radical (unpaired) electrons. The standard InChI is InChI=1S/C13H13NO4/c1-2-16-13(15)10-3-5-11(6-4-10)17-9-12-7-8-14-18-12/h3-8H,2,9H2,1H3. The summed E-state index contributed by atoms with van der Waals surface area (Å²) in [6.45, 7) is 2.44. The second kappa shape index (κ2) is 5.86. The third-order valence-electron chi connectivity index (χ3n) is 2.24. The monoisotopic (exact) mass is 247 g/mol. The van der Waals surface area contributed by atoms with Gasteiger partial charge in [0.1, 0.15) is 12.4 Å².